The number of hydrogen-bond donors (Lipinski definition) is 11. The van der Waals surface area contributed by atoms with Crippen LogP contribution in [0.3, 0.4) is 0 Å². The molecule has 35 heteroatoms. The Bertz CT molecular complexity index is 4610. The molecule has 5 amide bonds. The summed E-state index contributed by atoms with van der Waals surface area (Å²) in [4.78, 5) is 130. The smallest absolute Gasteiger partial charge is 0.320 e. The van der Waals surface area contributed by atoms with Crippen LogP contribution in [0.25, 0.3) is 56.0 Å². The summed E-state index contributed by atoms with van der Waals surface area (Å²) in [7, 11) is 0. The molecular weight excluding hydrogens is 1670 g/mol. The van der Waals surface area contributed by atoms with Crippen LogP contribution in [-0.4, -0.2) is 286 Å². The second-order valence-corrected chi connectivity index (χ2v) is 31.1. The fourth-order valence-corrected chi connectivity index (χ4v) is 16.1. The van der Waals surface area contributed by atoms with Gasteiger partial charge in [0.15, 0.2) is 11.6 Å². The Balaban J connectivity index is 0.0000144. The van der Waals surface area contributed by atoms with Crippen LogP contribution < -0.4 is 16.0 Å². The van der Waals surface area contributed by atoms with E-state index in [0.717, 1.165) is 34.6 Å². The number of fused-ring (bicyclic) bond motifs is 2. The van der Waals surface area contributed by atoms with Gasteiger partial charge < -0.3 is 75.7 Å². The molecule has 0 bridgehead atoms. The van der Waals surface area contributed by atoms with E-state index in [-0.39, 0.29) is 214 Å². The van der Waals surface area contributed by atoms with Gasteiger partial charge in [0.1, 0.15) is 29.0 Å². The maximum Gasteiger partial charge on any atom is 0.320 e. The fourth-order valence-electron chi connectivity index (χ4n) is 16.1. The summed E-state index contributed by atoms with van der Waals surface area (Å²) in [6, 6.07) is 19.0. The van der Waals surface area contributed by atoms with Gasteiger partial charge in [-0.25, -0.2) is 0 Å². The molecule has 11 rings (SSSR count). The van der Waals surface area contributed by atoms with Gasteiger partial charge in [-0.1, -0.05) is 27.7 Å². The fraction of sp³-hybridized carbons (Fsp3) is 0.500. The van der Waals surface area contributed by atoms with Crippen molar-refractivity contribution in [1.29, 1.82) is 0 Å². The number of carbonyl (C=O) groups is 9. The predicted molar refractivity (Wildman–Crippen MR) is 429 cm³/mol. The zero-order valence-corrected chi connectivity index (χ0v) is 68.5. The number of benzene rings is 4. The van der Waals surface area contributed by atoms with E-state index in [1.165, 1.54) is 12.1 Å². The Hall–Kier alpha value is -10.3. The number of nitrogens with zero attached hydrogens (tertiary/aromatic N) is 14. The van der Waals surface area contributed by atoms with Crippen LogP contribution in [0.15, 0.2) is 85.2 Å². The van der Waals surface area contributed by atoms with Gasteiger partial charge in [0.05, 0.1) is 42.1 Å². The molecule has 4 aromatic carbocycles. The number of carbonyl (C=O) groups excluding carboxylic acids is 5. The molecule has 11 N–H and O–H groups in total. The molecule has 7 heterocycles. The summed E-state index contributed by atoms with van der Waals surface area (Å²) in [5.74, 6) is -6.62. The van der Waals surface area contributed by atoms with E-state index in [4.69, 9.17) is 0 Å². The first-order valence-electron chi connectivity index (χ1n) is 40.0. The van der Waals surface area contributed by atoms with E-state index in [2.05, 4.69) is 45.5 Å². The van der Waals surface area contributed by atoms with Crippen molar-refractivity contribution in [3.05, 3.63) is 108 Å². The number of phenolic OH excluding ortho intramolecular Hbond substituents is 4. The van der Waals surface area contributed by atoms with Crippen LogP contribution in [0.4, 0.5) is 0 Å². The second kappa shape index (κ2) is 40.7. The quantitative estimate of drug-likeness (QED) is 0.0212. The van der Waals surface area contributed by atoms with E-state index in [1.807, 2.05) is 88.6 Å². The number of hydrogen-bond acceptors (Lipinski definition) is 21. The molecule has 0 aliphatic carbocycles. The largest absolute Gasteiger partial charge is 0.508 e. The van der Waals surface area contributed by atoms with E-state index >= 15 is 0 Å². The summed E-state index contributed by atoms with van der Waals surface area (Å²) in [5.41, 5.74) is 4.75. The third-order valence-corrected chi connectivity index (χ3v) is 22.5. The van der Waals surface area contributed by atoms with Crippen molar-refractivity contribution in [3.8, 4) is 57.1 Å². The van der Waals surface area contributed by atoms with Crippen molar-refractivity contribution in [3.63, 3.8) is 0 Å². The van der Waals surface area contributed by atoms with Gasteiger partial charge in [0.2, 0.25) is 29.4 Å². The number of carboxylic acid groups (broad SMARTS) is 4. The first kappa shape index (κ1) is 89.1. The molecule has 34 nitrogen and oxygen atoms in total. The van der Waals surface area contributed by atoms with E-state index in [1.54, 1.807) is 64.5 Å². The van der Waals surface area contributed by atoms with Gasteiger partial charge in [-0.2, -0.15) is 0 Å². The normalized spacial score (nSPS) is 15.8. The molecular formula is C82H107LuN17O17. The number of piperidine rings is 2. The number of aliphatic carboxylic acids is 4. The van der Waals surface area contributed by atoms with Gasteiger partial charge in [-0.3, -0.25) is 71.9 Å². The summed E-state index contributed by atoms with van der Waals surface area (Å²) in [6.07, 6.45) is 7.28. The van der Waals surface area contributed by atoms with Crippen molar-refractivity contribution < 1.29 is 121 Å². The zero-order chi connectivity index (χ0) is 83.2. The van der Waals surface area contributed by atoms with E-state index in [0.29, 0.717) is 101 Å². The number of phenols is 4. The van der Waals surface area contributed by atoms with Gasteiger partial charge in [-0.05, 0) is 154 Å². The maximum atomic E-state index is 14.6. The molecule has 0 unspecified atom stereocenters. The second-order valence-electron chi connectivity index (χ2n) is 31.1. The van der Waals surface area contributed by atoms with Gasteiger partial charge in [-0.15, -0.1) is 20.4 Å². The summed E-state index contributed by atoms with van der Waals surface area (Å²) in [5, 5.41) is 111. The van der Waals surface area contributed by atoms with Crippen molar-refractivity contribution >= 4 is 75.2 Å². The summed E-state index contributed by atoms with van der Waals surface area (Å²) >= 11 is 0. The zero-order valence-electron chi connectivity index (χ0n) is 66.8. The summed E-state index contributed by atoms with van der Waals surface area (Å²) < 4.78 is 7.48. The van der Waals surface area contributed by atoms with Gasteiger partial charge >= 0.3 is 23.9 Å². The van der Waals surface area contributed by atoms with Gasteiger partial charge in [0, 0.05) is 213 Å². The standard InChI is InChI=1S/C82H107N17O17.Lu/c1-7-83-80(113)78-88-86-76(61-43-59(50(3)4)66(100)45-68(61)102)98(78)57-9-11-63-54(39-57)21-29-93(63)23-15-52-17-25-96(26-18-52)71(105)41-56(85-70(104)14-13-65(82(115)116)95-37-35-91(48-74(109)110)33-31-90(47-73(107)108)32-34-92(36-38-95)49-75(111)112)42-72(106)97-27-19-53(20-28-97)16-24-94-30-22-55-40-58(10-12-64(55)94)99-77(87-89-79(99)81(114)84-8-2)62-44-60(51(5)6)67(101)46-69(62)103;/h9-12,21-22,29-30,39-40,43-46,50-53,56,65,100-103H,7-8,13-20,23-28,31-38,41-42,47-49H2,1-6H3,(H,83,113)(H,84,114)(H,85,104)(H,107,108)(H,109,110)(H,111,112)(H,115,116);/t65-;/m1./s1. The summed E-state index contributed by atoms with van der Waals surface area (Å²) in [6.45, 7) is 14.3. The van der Waals surface area contributed by atoms with Crippen molar-refractivity contribution in [1.82, 2.24) is 84.0 Å². The van der Waals surface area contributed by atoms with Crippen LogP contribution in [-0.2, 0) is 46.7 Å². The molecule has 0 spiro atoms. The molecule has 0 saturated carbocycles. The average Bonchev–Trinajstić information content (AvgIpc) is 1.63. The number of rotatable bonds is 32. The Labute approximate surface area is 706 Å². The maximum absolute atomic E-state index is 14.6. The number of aromatic nitrogens is 8. The Morgan fingerprint density at radius 1 is 0.479 bits per heavy atom. The number of carboxylic acids is 4. The number of aromatic hydroxyl groups is 4. The van der Waals surface area contributed by atoms with Crippen molar-refractivity contribution in [2.45, 2.75) is 143 Å². The minimum atomic E-state index is -1.31. The first-order chi connectivity index (χ1) is 55.5. The number of amides is 5. The molecule has 4 aromatic heterocycles. The van der Waals surface area contributed by atoms with Crippen LogP contribution in [0.2, 0.25) is 0 Å². The van der Waals surface area contributed by atoms with Crippen molar-refractivity contribution in [2.75, 3.05) is 111 Å². The third-order valence-electron chi connectivity index (χ3n) is 22.5. The molecule has 3 aliphatic rings. The average molecular weight is 1780 g/mol. The van der Waals surface area contributed by atoms with Crippen LogP contribution >= 0.6 is 0 Å². The molecule has 117 heavy (non-hydrogen) atoms. The Kier molecular flexibility index (Phi) is 31.0. The SMILES string of the molecule is CCNC(=O)c1nnc(-c2cc(C(C)C)c(O)cc2O)n1-c1ccc2c(ccn2CCC2CCN(C(=O)CC(CC(=O)N3CCC(CCn4ccc5cc(-n6c(C(=O)NCC)nnc6-c6cc(C(C)C)c(O)cc6O)ccc54)CC3)NC(=O)CC[C@H](C(=O)O)N3CCN(CC(=O)O)CCN(CC(=O)O)CCN(CC(=O)O)CC3)CC2)c1.[Lu]. The van der Waals surface area contributed by atoms with Crippen LogP contribution in [0.5, 0.6) is 23.0 Å². The first-order valence-corrected chi connectivity index (χ1v) is 40.0. The molecule has 637 valence electrons. The molecule has 3 aliphatic heterocycles. The molecule has 1 radical (unpaired) electrons. The predicted octanol–water partition coefficient (Wildman–Crippen LogP) is 6.59. The van der Waals surface area contributed by atoms with Gasteiger partial charge in [0.25, 0.3) is 11.8 Å². The van der Waals surface area contributed by atoms with E-state index < -0.39 is 66.8 Å². The minimum absolute atomic E-state index is 0. The molecule has 1 atom stereocenters. The van der Waals surface area contributed by atoms with E-state index in [9.17, 15) is 84.0 Å². The molecule has 3 saturated heterocycles. The third kappa shape index (κ3) is 22.5. The number of aryl methyl sites for hydroxylation is 2. The topological polar surface area (TPSA) is 442 Å². The molecule has 3 fully saturated rings. The Morgan fingerprint density at radius 3 is 1.22 bits per heavy atom. The minimum Gasteiger partial charge on any atom is -0.508 e. The van der Waals surface area contributed by atoms with Crippen LogP contribution in [0.1, 0.15) is 150 Å². The number of likely N-dealkylation sites (tertiary alicyclic amines) is 2. The Morgan fingerprint density at radius 2 is 0.863 bits per heavy atom. The molecule has 8 aromatic rings. The van der Waals surface area contributed by atoms with Crippen LogP contribution in [0, 0.1) is 48.7 Å². The van der Waals surface area contributed by atoms with Crippen molar-refractivity contribution in [2.24, 2.45) is 11.8 Å². The number of nitrogens with one attached hydrogen (secondary N) is 3. The monoisotopic (exact) mass is 1780 g/mol.